The van der Waals surface area contributed by atoms with Gasteiger partial charge in [-0.2, -0.15) is 0 Å². The van der Waals surface area contributed by atoms with Gasteiger partial charge in [0.25, 0.3) is 0 Å². The number of nitrogens with zero attached hydrogens (tertiary/aromatic N) is 2. The molecule has 3 amide bonds. The Balaban J connectivity index is 0.00000147. The Labute approximate surface area is 125 Å². The highest BCUT2D eigenvalue weighted by atomic mass is 35.5. The minimum absolute atomic E-state index is 0. The van der Waals surface area contributed by atoms with Crippen molar-refractivity contribution in [1.82, 2.24) is 20.4 Å². The molecule has 0 saturated carbocycles. The molecule has 3 fully saturated rings. The maximum Gasteiger partial charge on any atom is 0.324 e. The van der Waals surface area contributed by atoms with Gasteiger partial charge >= 0.3 is 6.03 Å². The number of carbonyl (C=O) groups is 2. The van der Waals surface area contributed by atoms with E-state index >= 15 is 0 Å². The van der Waals surface area contributed by atoms with Crippen LogP contribution >= 0.6 is 12.4 Å². The molecular formula is C13H23ClN4O2. The second-order valence-electron chi connectivity index (χ2n) is 5.95. The summed E-state index contributed by atoms with van der Waals surface area (Å²) in [5.74, 6) is -0.108. The quantitative estimate of drug-likeness (QED) is 0.727. The Morgan fingerprint density at radius 2 is 1.90 bits per heavy atom. The van der Waals surface area contributed by atoms with Crippen LogP contribution in [0.15, 0.2) is 0 Å². The zero-order valence-corrected chi connectivity index (χ0v) is 12.6. The van der Waals surface area contributed by atoms with Crippen LogP contribution in [-0.2, 0) is 4.79 Å². The first-order valence-corrected chi connectivity index (χ1v) is 7.18. The normalized spacial score (nSPS) is 32.5. The zero-order valence-electron chi connectivity index (χ0n) is 11.8. The molecule has 2 N–H and O–H groups in total. The van der Waals surface area contributed by atoms with Gasteiger partial charge in [0.15, 0.2) is 0 Å². The van der Waals surface area contributed by atoms with Crippen LogP contribution in [0.1, 0.15) is 25.7 Å². The van der Waals surface area contributed by atoms with Crippen molar-refractivity contribution in [2.24, 2.45) is 0 Å². The lowest BCUT2D eigenvalue weighted by molar-refractivity contribution is -0.125. The molecule has 0 aromatic heterocycles. The number of halogens is 1. The van der Waals surface area contributed by atoms with Crippen LogP contribution < -0.4 is 10.6 Å². The number of hydrogen-bond acceptors (Lipinski definition) is 4. The monoisotopic (exact) mass is 302 g/mol. The van der Waals surface area contributed by atoms with Gasteiger partial charge in [0.2, 0.25) is 5.91 Å². The molecule has 0 radical (unpaired) electrons. The van der Waals surface area contributed by atoms with Crippen LogP contribution in [0, 0.1) is 0 Å². The van der Waals surface area contributed by atoms with E-state index in [1.807, 2.05) is 0 Å². The number of urea groups is 1. The van der Waals surface area contributed by atoms with Gasteiger partial charge in [0, 0.05) is 31.2 Å². The molecule has 2 unspecified atom stereocenters. The van der Waals surface area contributed by atoms with Crippen molar-refractivity contribution in [3.63, 3.8) is 0 Å². The number of likely N-dealkylation sites (N-methyl/N-ethyl adjacent to an activating group) is 1. The lowest BCUT2D eigenvalue weighted by Crippen LogP contribution is -2.49. The summed E-state index contributed by atoms with van der Waals surface area (Å²) in [6, 6.07) is 1.68. The van der Waals surface area contributed by atoms with Gasteiger partial charge < -0.3 is 15.5 Å². The molecule has 3 heterocycles. The van der Waals surface area contributed by atoms with Gasteiger partial charge in [-0.05, 0) is 32.7 Å². The number of nitrogens with one attached hydrogen (secondary N) is 2. The van der Waals surface area contributed by atoms with Crippen molar-refractivity contribution < 1.29 is 9.59 Å². The summed E-state index contributed by atoms with van der Waals surface area (Å²) in [5.41, 5.74) is 0. The summed E-state index contributed by atoms with van der Waals surface area (Å²) in [5, 5.41) is 6.19. The largest absolute Gasteiger partial charge is 0.329 e. The third-order valence-electron chi connectivity index (χ3n) is 4.68. The first kappa shape index (κ1) is 15.5. The number of amides is 3. The molecule has 2 atom stereocenters. The SMILES string of the molecule is CN(CCN1C(=O)CNC1=O)C1CC2CCC(C1)N2.Cl. The highest BCUT2D eigenvalue weighted by Crippen LogP contribution is 2.29. The Bertz CT molecular complexity index is 365. The topological polar surface area (TPSA) is 64.7 Å². The minimum atomic E-state index is -0.246. The first-order valence-electron chi connectivity index (χ1n) is 7.18. The predicted molar refractivity (Wildman–Crippen MR) is 78.0 cm³/mol. The number of piperidine rings is 1. The van der Waals surface area contributed by atoms with Crippen LogP contribution in [0.4, 0.5) is 4.79 Å². The van der Waals surface area contributed by atoms with Crippen molar-refractivity contribution in [2.75, 3.05) is 26.7 Å². The number of hydrogen-bond donors (Lipinski definition) is 2. The molecule has 0 aliphatic carbocycles. The molecule has 20 heavy (non-hydrogen) atoms. The molecule has 0 aromatic rings. The van der Waals surface area contributed by atoms with E-state index in [4.69, 9.17) is 0 Å². The Kier molecular flexibility index (Phi) is 4.88. The molecule has 7 heteroatoms. The molecule has 3 saturated heterocycles. The average molecular weight is 303 g/mol. The van der Waals surface area contributed by atoms with Crippen molar-refractivity contribution in [1.29, 1.82) is 0 Å². The molecule has 0 aromatic carbocycles. The van der Waals surface area contributed by atoms with E-state index in [1.165, 1.54) is 30.6 Å². The second kappa shape index (κ2) is 6.28. The van der Waals surface area contributed by atoms with E-state index in [0.717, 1.165) is 6.54 Å². The van der Waals surface area contributed by atoms with Gasteiger partial charge in [0.1, 0.15) is 0 Å². The van der Waals surface area contributed by atoms with E-state index in [-0.39, 0.29) is 30.9 Å². The van der Waals surface area contributed by atoms with Crippen molar-refractivity contribution in [2.45, 2.75) is 43.8 Å². The van der Waals surface area contributed by atoms with Crippen molar-refractivity contribution >= 4 is 24.3 Å². The molecular weight excluding hydrogens is 280 g/mol. The maximum absolute atomic E-state index is 11.5. The van der Waals surface area contributed by atoms with E-state index < -0.39 is 0 Å². The van der Waals surface area contributed by atoms with Crippen LogP contribution in [0.5, 0.6) is 0 Å². The summed E-state index contributed by atoms with van der Waals surface area (Å²) in [6.45, 7) is 1.42. The van der Waals surface area contributed by atoms with Crippen LogP contribution in [0.2, 0.25) is 0 Å². The number of imide groups is 1. The van der Waals surface area contributed by atoms with Gasteiger partial charge in [-0.15, -0.1) is 12.4 Å². The highest BCUT2D eigenvalue weighted by Gasteiger charge is 2.35. The average Bonchev–Trinajstić information content (AvgIpc) is 2.90. The summed E-state index contributed by atoms with van der Waals surface area (Å²) in [6.07, 6.45) is 4.96. The molecule has 2 bridgehead atoms. The zero-order chi connectivity index (χ0) is 13.4. The van der Waals surface area contributed by atoms with Crippen molar-refractivity contribution in [3.8, 4) is 0 Å². The number of fused-ring (bicyclic) bond motifs is 2. The molecule has 114 valence electrons. The standard InChI is InChI=1S/C13H22N4O2.ClH/c1-16(4-5-17-12(18)8-14-13(17)19)11-6-9-2-3-10(7-11)15-9;/h9-11,15H,2-8H2,1H3,(H,14,19);1H. The van der Waals surface area contributed by atoms with Crippen molar-refractivity contribution in [3.05, 3.63) is 0 Å². The summed E-state index contributed by atoms with van der Waals surface area (Å²) in [7, 11) is 2.11. The molecule has 3 aliphatic rings. The lowest BCUT2D eigenvalue weighted by Gasteiger charge is -2.36. The number of carbonyl (C=O) groups excluding carboxylic acids is 2. The summed E-state index contributed by atoms with van der Waals surface area (Å²) < 4.78 is 0. The fraction of sp³-hybridized carbons (Fsp3) is 0.846. The number of rotatable bonds is 4. The predicted octanol–water partition coefficient (Wildman–Crippen LogP) is 0.175. The van der Waals surface area contributed by atoms with Gasteiger partial charge in [-0.25, -0.2) is 4.79 Å². The van der Waals surface area contributed by atoms with E-state index in [9.17, 15) is 9.59 Å². The summed E-state index contributed by atoms with van der Waals surface area (Å²) >= 11 is 0. The summed E-state index contributed by atoms with van der Waals surface area (Å²) in [4.78, 5) is 26.6. The lowest BCUT2D eigenvalue weighted by atomic mass is 9.98. The Morgan fingerprint density at radius 1 is 1.25 bits per heavy atom. The van der Waals surface area contributed by atoms with Gasteiger partial charge in [0.05, 0.1) is 6.54 Å². The third-order valence-corrected chi connectivity index (χ3v) is 4.68. The first-order chi connectivity index (χ1) is 9.13. The smallest absolute Gasteiger partial charge is 0.324 e. The van der Waals surface area contributed by atoms with Gasteiger partial charge in [-0.3, -0.25) is 9.69 Å². The molecule has 3 aliphatic heterocycles. The van der Waals surface area contributed by atoms with Crippen LogP contribution in [0.25, 0.3) is 0 Å². The molecule has 6 nitrogen and oxygen atoms in total. The van der Waals surface area contributed by atoms with Gasteiger partial charge in [-0.1, -0.05) is 0 Å². The fourth-order valence-electron chi connectivity index (χ4n) is 3.51. The molecule has 3 rings (SSSR count). The van der Waals surface area contributed by atoms with E-state index in [1.54, 1.807) is 0 Å². The minimum Gasteiger partial charge on any atom is -0.329 e. The second-order valence-corrected chi connectivity index (χ2v) is 5.95. The maximum atomic E-state index is 11.5. The third kappa shape index (κ3) is 3.07. The Morgan fingerprint density at radius 3 is 2.45 bits per heavy atom. The Hall–Kier alpha value is -0.850. The van der Waals surface area contributed by atoms with Crippen LogP contribution in [-0.4, -0.2) is 66.5 Å². The highest BCUT2D eigenvalue weighted by molar-refractivity contribution is 6.01. The van der Waals surface area contributed by atoms with Crippen LogP contribution in [0.3, 0.4) is 0 Å². The van der Waals surface area contributed by atoms with E-state index in [2.05, 4.69) is 22.6 Å². The molecule has 0 spiro atoms. The fourth-order valence-corrected chi connectivity index (χ4v) is 3.51. The van der Waals surface area contributed by atoms with E-state index in [0.29, 0.717) is 24.7 Å².